The highest BCUT2D eigenvalue weighted by atomic mass is 16.3. The summed E-state index contributed by atoms with van der Waals surface area (Å²) in [6, 6.07) is 54.2. The van der Waals surface area contributed by atoms with Gasteiger partial charge >= 0.3 is 0 Å². The van der Waals surface area contributed by atoms with Crippen LogP contribution in [0.3, 0.4) is 0 Å². The first-order valence-corrected chi connectivity index (χ1v) is 24.5. The molecule has 74 heavy (non-hydrogen) atoms. The average molecular weight is 991 g/mol. The van der Waals surface area contributed by atoms with Gasteiger partial charge in [0.2, 0.25) is 0 Å². The lowest BCUT2D eigenvalue weighted by atomic mass is 10.1. The van der Waals surface area contributed by atoms with Gasteiger partial charge in [-0.15, -0.1) is 0 Å². The molecule has 0 radical (unpaired) electrons. The van der Waals surface area contributed by atoms with Gasteiger partial charge in [0.25, 0.3) is 0 Å². The molecular weight excluding hydrogens is 921 g/mol. The summed E-state index contributed by atoms with van der Waals surface area (Å²) < 4.78 is 0. The molecule has 12 nitrogen and oxygen atoms in total. The lowest BCUT2D eigenvalue weighted by molar-refractivity contribution is 0.281. The lowest BCUT2D eigenvalue weighted by Crippen LogP contribution is -1.83. The van der Waals surface area contributed by atoms with E-state index in [1.807, 2.05) is 239 Å². The van der Waals surface area contributed by atoms with Crippen molar-refractivity contribution in [1.29, 1.82) is 0 Å². The highest BCUT2D eigenvalue weighted by molar-refractivity contribution is 5.53. The molecule has 0 aliphatic heterocycles. The molecule has 0 saturated heterocycles. The van der Waals surface area contributed by atoms with Crippen molar-refractivity contribution in [1.82, 2.24) is 0 Å². The summed E-state index contributed by atoms with van der Waals surface area (Å²) >= 11 is 0. The van der Waals surface area contributed by atoms with Crippen molar-refractivity contribution < 1.29 is 20.4 Å². The molecule has 8 aromatic rings. The fraction of sp³-hybridized carbons (Fsp3) is 0.226. The van der Waals surface area contributed by atoms with Crippen LogP contribution in [0.1, 0.15) is 80.6 Å². The number of aliphatic hydroxyl groups excluding tert-OH is 4. The molecule has 0 spiro atoms. The number of hydrogen-bond donors (Lipinski definition) is 4. The maximum atomic E-state index is 9.04. The van der Waals surface area contributed by atoms with E-state index in [1.54, 1.807) is 0 Å². The number of aliphatic hydroxyl groups is 4. The van der Waals surface area contributed by atoms with Crippen LogP contribution in [0, 0.1) is 55.4 Å². The van der Waals surface area contributed by atoms with Gasteiger partial charge in [0, 0.05) is 0 Å². The first-order chi connectivity index (χ1) is 35.8. The van der Waals surface area contributed by atoms with E-state index < -0.39 is 0 Å². The molecule has 0 atom stereocenters. The summed E-state index contributed by atoms with van der Waals surface area (Å²) in [5.74, 6) is 0. The van der Waals surface area contributed by atoms with Crippen molar-refractivity contribution in [3.8, 4) is 0 Å². The molecule has 0 heterocycles. The maximum Gasteiger partial charge on any atom is 0.0886 e. The lowest BCUT2D eigenvalue weighted by Gasteiger charge is -2.02. The Balaban J connectivity index is 0.000000211. The number of rotatable bonds is 12. The Morgan fingerprint density at radius 1 is 0.230 bits per heavy atom. The van der Waals surface area contributed by atoms with Crippen molar-refractivity contribution in [3.63, 3.8) is 0 Å². The van der Waals surface area contributed by atoms with Gasteiger partial charge in [-0.25, -0.2) is 0 Å². The van der Waals surface area contributed by atoms with Gasteiger partial charge in [-0.2, -0.15) is 40.9 Å². The molecule has 8 rings (SSSR count). The molecule has 382 valence electrons. The normalized spacial score (nSPS) is 10.8. The molecule has 0 aliphatic rings. The van der Waals surface area contributed by atoms with Crippen LogP contribution in [-0.2, 0) is 26.4 Å². The highest BCUT2D eigenvalue weighted by Crippen LogP contribution is 2.29. The van der Waals surface area contributed by atoms with E-state index in [2.05, 4.69) is 40.9 Å². The van der Waals surface area contributed by atoms with Gasteiger partial charge in [-0.3, -0.25) is 0 Å². The standard InChI is InChI=1S/4C15H16N2O.C2H6/c4*1-11-5-3-4-6-14(11)16-17-15-8-7-13(10-18)9-12(15)2;1-2/h4*3-9,18H,10H2,1-2H3;1-2H3. The fourth-order valence-electron chi connectivity index (χ4n) is 6.85. The highest BCUT2D eigenvalue weighted by Gasteiger charge is 2.04. The van der Waals surface area contributed by atoms with E-state index in [9.17, 15) is 0 Å². The molecule has 4 N–H and O–H groups in total. The summed E-state index contributed by atoms with van der Waals surface area (Å²) in [5.41, 5.74) is 18.9. The van der Waals surface area contributed by atoms with Crippen molar-refractivity contribution >= 4 is 45.5 Å². The van der Waals surface area contributed by atoms with E-state index in [4.69, 9.17) is 20.4 Å². The van der Waals surface area contributed by atoms with Gasteiger partial charge in [0.15, 0.2) is 0 Å². The minimum absolute atomic E-state index is 0.0516. The topological polar surface area (TPSA) is 180 Å². The third-order valence-electron chi connectivity index (χ3n) is 11.3. The van der Waals surface area contributed by atoms with Crippen LogP contribution >= 0.6 is 0 Å². The number of azo groups is 4. The fourth-order valence-corrected chi connectivity index (χ4v) is 6.85. The quantitative estimate of drug-likeness (QED) is 0.0890. The second-order valence-corrected chi connectivity index (χ2v) is 17.1. The van der Waals surface area contributed by atoms with E-state index >= 15 is 0 Å². The van der Waals surface area contributed by atoms with Crippen LogP contribution in [0.2, 0.25) is 0 Å². The largest absolute Gasteiger partial charge is 0.392 e. The summed E-state index contributed by atoms with van der Waals surface area (Å²) in [5, 5.41) is 70.2. The van der Waals surface area contributed by atoms with Crippen molar-refractivity contribution in [2.45, 2.75) is 95.7 Å². The molecule has 0 fully saturated rings. The van der Waals surface area contributed by atoms with E-state index in [0.29, 0.717) is 0 Å². The third-order valence-corrected chi connectivity index (χ3v) is 11.3. The van der Waals surface area contributed by atoms with Crippen LogP contribution in [0.25, 0.3) is 0 Å². The molecule has 12 heteroatoms. The molecule has 0 unspecified atom stereocenters. The number of nitrogens with zero attached hydrogens (tertiary/aromatic N) is 8. The minimum Gasteiger partial charge on any atom is -0.392 e. The summed E-state index contributed by atoms with van der Waals surface area (Å²) in [6.45, 7) is 20.1. The molecule has 0 aliphatic carbocycles. The molecule has 0 amide bonds. The zero-order valence-corrected chi connectivity index (χ0v) is 44.4. The maximum absolute atomic E-state index is 9.04. The molecule has 0 aromatic heterocycles. The van der Waals surface area contributed by atoms with Crippen molar-refractivity contribution in [2.24, 2.45) is 40.9 Å². The van der Waals surface area contributed by atoms with Gasteiger partial charge in [0.1, 0.15) is 0 Å². The monoisotopic (exact) mass is 991 g/mol. The molecule has 0 saturated carbocycles. The van der Waals surface area contributed by atoms with Crippen molar-refractivity contribution in [2.75, 3.05) is 0 Å². The van der Waals surface area contributed by atoms with Crippen molar-refractivity contribution in [3.05, 3.63) is 237 Å². The predicted octanol–water partition coefficient (Wildman–Crippen LogP) is 17.9. The summed E-state index contributed by atoms with van der Waals surface area (Å²) in [6.07, 6.45) is 0. The Bertz CT molecular complexity index is 2730. The second-order valence-electron chi connectivity index (χ2n) is 17.1. The first kappa shape index (κ1) is 58.6. The minimum atomic E-state index is 0.0516. The van der Waals surface area contributed by atoms with Gasteiger partial charge in [-0.1, -0.05) is 135 Å². The summed E-state index contributed by atoms with van der Waals surface area (Å²) in [4.78, 5) is 0. The van der Waals surface area contributed by atoms with E-state index in [1.165, 1.54) is 0 Å². The Kier molecular flexibility index (Phi) is 24.9. The number of hydrogen-bond acceptors (Lipinski definition) is 12. The van der Waals surface area contributed by atoms with Crippen LogP contribution in [0.15, 0.2) is 211 Å². The van der Waals surface area contributed by atoms with Crippen LogP contribution in [-0.4, -0.2) is 20.4 Å². The number of aryl methyl sites for hydroxylation is 8. The van der Waals surface area contributed by atoms with Gasteiger partial charge in [-0.05, 0) is 171 Å². The zero-order chi connectivity index (χ0) is 53.8. The SMILES string of the molecule is CC.Cc1ccccc1N=Nc1ccc(CO)cc1C.Cc1ccccc1N=Nc1ccc(CO)cc1C.Cc1ccccc1N=Nc1ccc(CO)cc1C.Cc1ccccc1N=Nc1ccc(CO)cc1C. The van der Waals surface area contributed by atoms with Gasteiger partial charge < -0.3 is 20.4 Å². The zero-order valence-electron chi connectivity index (χ0n) is 44.4. The second kappa shape index (κ2) is 31.5. The predicted molar refractivity (Wildman–Crippen MR) is 301 cm³/mol. The van der Waals surface area contributed by atoms with Crippen LogP contribution in [0.4, 0.5) is 45.5 Å². The molecule has 8 aromatic carbocycles. The molecular formula is C62H70N8O4. The third kappa shape index (κ3) is 18.9. The molecule has 0 bridgehead atoms. The Hall–Kier alpha value is -8.00. The average Bonchev–Trinajstić information content (AvgIpc) is 3.42. The summed E-state index contributed by atoms with van der Waals surface area (Å²) in [7, 11) is 0. The van der Waals surface area contributed by atoms with Crippen LogP contribution in [0.5, 0.6) is 0 Å². The number of benzene rings is 8. The van der Waals surface area contributed by atoms with Gasteiger partial charge in [0.05, 0.1) is 71.9 Å². The Labute approximate surface area is 437 Å². The van der Waals surface area contributed by atoms with E-state index in [0.717, 1.165) is 112 Å². The Morgan fingerprint density at radius 2 is 0.392 bits per heavy atom. The van der Waals surface area contributed by atoms with Crippen LogP contribution < -0.4 is 0 Å². The van der Waals surface area contributed by atoms with E-state index in [-0.39, 0.29) is 26.4 Å². The smallest absolute Gasteiger partial charge is 0.0886 e. The first-order valence-electron chi connectivity index (χ1n) is 24.5. The Morgan fingerprint density at radius 3 is 0.541 bits per heavy atom.